The van der Waals surface area contributed by atoms with E-state index in [2.05, 4.69) is 25.8 Å². The molecule has 0 radical (unpaired) electrons. The van der Waals surface area contributed by atoms with Crippen LogP contribution in [-0.2, 0) is 11.3 Å². The molecule has 1 amide bonds. The Morgan fingerprint density at radius 2 is 2.13 bits per heavy atom. The standard InChI is InChI=1S/C14H11N7OS/c22-13(8-21-9-15-18-19-21)16-11-3-1-10(2-4-11)12-7-20-5-6-23-14(20)17-12/h1-7,9H,8H2,(H,16,22). The van der Waals surface area contributed by atoms with Gasteiger partial charge in [-0.3, -0.25) is 9.20 Å². The van der Waals surface area contributed by atoms with Crippen LogP contribution in [0, 0.1) is 0 Å². The Hall–Kier alpha value is -3.07. The number of imidazole rings is 1. The number of thiazole rings is 1. The molecule has 1 N–H and O–H groups in total. The summed E-state index contributed by atoms with van der Waals surface area (Å²) in [6, 6.07) is 7.55. The minimum absolute atomic E-state index is 0.0755. The molecular weight excluding hydrogens is 314 g/mol. The Kier molecular flexibility index (Phi) is 3.31. The van der Waals surface area contributed by atoms with Gasteiger partial charge in [-0.15, -0.1) is 16.4 Å². The molecule has 4 rings (SSSR count). The monoisotopic (exact) mass is 325 g/mol. The van der Waals surface area contributed by atoms with E-state index in [0.29, 0.717) is 5.69 Å². The largest absolute Gasteiger partial charge is 0.324 e. The van der Waals surface area contributed by atoms with Crippen molar-refractivity contribution >= 4 is 27.9 Å². The number of benzene rings is 1. The molecule has 3 aromatic heterocycles. The number of tetrazole rings is 1. The third-order valence-corrected chi connectivity index (χ3v) is 4.03. The third kappa shape index (κ3) is 2.81. The maximum atomic E-state index is 11.9. The van der Waals surface area contributed by atoms with E-state index in [1.165, 1.54) is 11.0 Å². The molecule has 114 valence electrons. The smallest absolute Gasteiger partial charge is 0.246 e. The van der Waals surface area contributed by atoms with Crippen LogP contribution in [-0.4, -0.2) is 35.5 Å². The first kappa shape index (κ1) is 13.6. The number of anilines is 1. The Morgan fingerprint density at radius 1 is 1.26 bits per heavy atom. The summed E-state index contributed by atoms with van der Waals surface area (Å²) in [6.45, 7) is 0.0755. The summed E-state index contributed by atoms with van der Waals surface area (Å²) in [5, 5.41) is 15.4. The zero-order valence-corrected chi connectivity index (χ0v) is 12.6. The van der Waals surface area contributed by atoms with Crippen molar-refractivity contribution in [3.8, 4) is 11.3 Å². The number of fused-ring (bicyclic) bond motifs is 1. The van der Waals surface area contributed by atoms with Gasteiger partial charge in [-0.1, -0.05) is 12.1 Å². The van der Waals surface area contributed by atoms with Crippen LogP contribution >= 0.6 is 11.3 Å². The normalized spacial score (nSPS) is 11.0. The molecule has 0 unspecified atom stereocenters. The summed E-state index contributed by atoms with van der Waals surface area (Å²) in [5.74, 6) is -0.187. The quantitative estimate of drug-likeness (QED) is 0.616. The van der Waals surface area contributed by atoms with Gasteiger partial charge in [0, 0.05) is 29.0 Å². The molecule has 0 atom stereocenters. The first-order chi connectivity index (χ1) is 11.3. The second-order valence-corrected chi connectivity index (χ2v) is 5.72. The van der Waals surface area contributed by atoms with Gasteiger partial charge in [-0.25, -0.2) is 9.67 Å². The van der Waals surface area contributed by atoms with Crippen LogP contribution in [0.3, 0.4) is 0 Å². The minimum Gasteiger partial charge on any atom is -0.324 e. The van der Waals surface area contributed by atoms with Crippen LogP contribution in [0.25, 0.3) is 16.2 Å². The molecule has 9 heteroatoms. The minimum atomic E-state index is -0.187. The number of hydrogen-bond donors (Lipinski definition) is 1. The summed E-state index contributed by atoms with van der Waals surface area (Å²) in [7, 11) is 0. The van der Waals surface area contributed by atoms with Gasteiger partial charge in [-0.2, -0.15) is 0 Å². The lowest BCUT2D eigenvalue weighted by atomic mass is 10.1. The van der Waals surface area contributed by atoms with E-state index in [-0.39, 0.29) is 12.5 Å². The van der Waals surface area contributed by atoms with Crippen molar-refractivity contribution in [2.45, 2.75) is 6.54 Å². The fourth-order valence-electron chi connectivity index (χ4n) is 2.19. The Morgan fingerprint density at radius 3 is 2.87 bits per heavy atom. The van der Waals surface area contributed by atoms with Gasteiger partial charge in [0.25, 0.3) is 0 Å². The highest BCUT2D eigenvalue weighted by molar-refractivity contribution is 7.15. The van der Waals surface area contributed by atoms with E-state index >= 15 is 0 Å². The van der Waals surface area contributed by atoms with E-state index in [1.807, 2.05) is 46.4 Å². The van der Waals surface area contributed by atoms with Crippen molar-refractivity contribution in [2.24, 2.45) is 0 Å². The predicted octanol–water partition coefficient (Wildman–Crippen LogP) is 1.69. The lowest BCUT2D eigenvalue weighted by Crippen LogP contribution is -2.19. The highest BCUT2D eigenvalue weighted by Gasteiger charge is 2.07. The molecule has 4 aromatic rings. The Labute approximate surface area is 134 Å². The van der Waals surface area contributed by atoms with Gasteiger partial charge in [0.05, 0.1) is 5.69 Å². The number of rotatable bonds is 4. The number of nitrogens with zero attached hydrogens (tertiary/aromatic N) is 6. The molecule has 0 aliphatic rings. The van der Waals surface area contributed by atoms with Gasteiger partial charge in [0.1, 0.15) is 12.9 Å². The number of carbonyl (C=O) groups excluding carboxylic acids is 1. The van der Waals surface area contributed by atoms with Gasteiger partial charge in [-0.05, 0) is 22.6 Å². The molecule has 3 heterocycles. The van der Waals surface area contributed by atoms with Crippen LogP contribution in [0.5, 0.6) is 0 Å². The van der Waals surface area contributed by atoms with Crippen LogP contribution < -0.4 is 5.32 Å². The zero-order valence-electron chi connectivity index (χ0n) is 11.8. The van der Waals surface area contributed by atoms with Gasteiger partial charge >= 0.3 is 0 Å². The van der Waals surface area contributed by atoms with Gasteiger partial charge in [0.15, 0.2) is 4.96 Å². The first-order valence-corrected chi connectivity index (χ1v) is 7.69. The van der Waals surface area contributed by atoms with Crippen LogP contribution in [0.4, 0.5) is 5.69 Å². The molecule has 0 bridgehead atoms. The van der Waals surface area contributed by atoms with Crippen molar-refractivity contribution < 1.29 is 4.79 Å². The van der Waals surface area contributed by atoms with E-state index in [1.54, 1.807) is 11.3 Å². The second kappa shape index (κ2) is 5.61. The molecule has 0 aliphatic heterocycles. The van der Waals surface area contributed by atoms with E-state index in [4.69, 9.17) is 0 Å². The molecule has 1 aromatic carbocycles. The summed E-state index contributed by atoms with van der Waals surface area (Å²) < 4.78 is 3.35. The third-order valence-electron chi connectivity index (χ3n) is 3.25. The summed E-state index contributed by atoms with van der Waals surface area (Å²) in [5.41, 5.74) is 2.62. The summed E-state index contributed by atoms with van der Waals surface area (Å²) in [6.07, 6.45) is 5.36. The molecular formula is C14H11N7OS. The average molecular weight is 325 g/mol. The van der Waals surface area contributed by atoms with Crippen LogP contribution in [0.2, 0.25) is 0 Å². The average Bonchev–Trinajstić information content (AvgIpc) is 3.24. The highest BCUT2D eigenvalue weighted by atomic mass is 32.1. The number of amides is 1. The fraction of sp³-hybridized carbons (Fsp3) is 0.0714. The van der Waals surface area contributed by atoms with Crippen molar-refractivity contribution in [3.05, 3.63) is 48.4 Å². The lowest BCUT2D eigenvalue weighted by Gasteiger charge is -2.05. The molecule has 8 nitrogen and oxygen atoms in total. The SMILES string of the molecule is O=C(Cn1cnnn1)Nc1ccc(-c2cn3ccsc3n2)cc1. The topological polar surface area (TPSA) is 90.0 Å². The maximum absolute atomic E-state index is 11.9. The highest BCUT2D eigenvalue weighted by Crippen LogP contribution is 2.23. The van der Waals surface area contributed by atoms with Gasteiger partial charge < -0.3 is 5.32 Å². The van der Waals surface area contributed by atoms with Gasteiger partial charge in [0.2, 0.25) is 5.91 Å². The van der Waals surface area contributed by atoms with E-state index in [9.17, 15) is 4.79 Å². The van der Waals surface area contributed by atoms with Crippen molar-refractivity contribution in [1.82, 2.24) is 29.6 Å². The number of aromatic nitrogens is 6. The molecule has 0 saturated heterocycles. The van der Waals surface area contributed by atoms with E-state index in [0.717, 1.165) is 16.2 Å². The Balaban J connectivity index is 1.47. The second-order valence-electron chi connectivity index (χ2n) is 4.85. The maximum Gasteiger partial charge on any atom is 0.246 e. The number of nitrogens with one attached hydrogen (secondary N) is 1. The molecule has 0 saturated carbocycles. The van der Waals surface area contributed by atoms with Crippen molar-refractivity contribution in [1.29, 1.82) is 0 Å². The Bertz CT molecular complexity index is 911. The zero-order chi connectivity index (χ0) is 15.6. The summed E-state index contributed by atoms with van der Waals surface area (Å²) in [4.78, 5) is 17.4. The molecule has 0 aliphatic carbocycles. The molecule has 23 heavy (non-hydrogen) atoms. The van der Waals surface area contributed by atoms with E-state index < -0.39 is 0 Å². The van der Waals surface area contributed by atoms with Crippen molar-refractivity contribution in [2.75, 3.05) is 5.32 Å². The first-order valence-electron chi connectivity index (χ1n) is 6.81. The van der Waals surface area contributed by atoms with Crippen molar-refractivity contribution in [3.63, 3.8) is 0 Å². The molecule has 0 spiro atoms. The lowest BCUT2D eigenvalue weighted by molar-refractivity contribution is -0.116. The predicted molar refractivity (Wildman–Crippen MR) is 85.0 cm³/mol. The van der Waals surface area contributed by atoms with Crippen LogP contribution in [0.15, 0.2) is 48.4 Å². The molecule has 0 fully saturated rings. The van der Waals surface area contributed by atoms with Crippen LogP contribution in [0.1, 0.15) is 0 Å². The fourth-order valence-corrected chi connectivity index (χ4v) is 2.89. The number of carbonyl (C=O) groups is 1. The number of hydrogen-bond acceptors (Lipinski definition) is 6. The summed E-state index contributed by atoms with van der Waals surface area (Å²) >= 11 is 1.59.